The zero-order valence-electron chi connectivity index (χ0n) is 10.8. The lowest BCUT2D eigenvalue weighted by Crippen LogP contribution is -2.30. The largest absolute Gasteiger partial charge is 0.481 e. The maximum absolute atomic E-state index is 10.9. The van der Waals surface area contributed by atoms with Gasteiger partial charge in [0, 0.05) is 11.7 Å². The number of nitrogens with one attached hydrogen (secondary N) is 1. The minimum Gasteiger partial charge on any atom is -0.481 e. The van der Waals surface area contributed by atoms with E-state index in [1.54, 1.807) is 6.07 Å². The number of aryl methyl sites for hydroxylation is 1. The molecule has 100 valence electrons. The van der Waals surface area contributed by atoms with Gasteiger partial charge in [-0.25, -0.2) is 9.97 Å². The molecule has 6 nitrogen and oxygen atoms in total. The predicted molar refractivity (Wildman–Crippen MR) is 68.5 cm³/mol. The third kappa shape index (κ3) is 3.41. The average Bonchev–Trinajstić information content (AvgIpc) is 2.38. The van der Waals surface area contributed by atoms with Gasteiger partial charge in [-0.3, -0.25) is 4.79 Å². The van der Waals surface area contributed by atoms with E-state index in [0.29, 0.717) is 24.5 Å². The summed E-state index contributed by atoms with van der Waals surface area (Å²) in [5.41, 5.74) is 1.09. The Labute approximate surface area is 111 Å². The fraction of sp³-hybridized carbons (Fsp3) is 0.538. The number of carboxylic acid groups (broad SMARTS) is 1. The summed E-state index contributed by atoms with van der Waals surface area (Å²) in [5, 5.41) is 21.0. The highest BCUT2D eigenvalue weighted by Crippen LogP contribution is 2.26. The molecule has 0 unspecified atom stereocenters. The van der Waals surface area contributed by atoms with Gasteiger partial charge in [-0.1, -0.05) is 0 Å². The van der Waals surface area contributed by atoms with E-state index in [2.05, 4.69) is 15.3 Å². The van der Waals surface area contributed by atoms with Gasteiger partial charge in [-0.15, -0.1) is 0 Å². The Morgan fingerprint density at radius 1 is 1.42 bits per heavy atom. The molecule has 2 N–H and O–H groups in total. The minimum absolute atomic E-state index is 0.184. The second-order valence-corrected chi connectivity index (χ2v) is 4.86. The molecule has 0 aliphatic heterocycles. The van der Waals surface area contributed by atoms with E-state index in [-0.39, 0.29) is 12.0 Å². The first-order valence-corrected chi connectivity index (χ1v) is 6.33. The first-order chi connectivity index (χ1) is 9.08. The number of nitriles is 1. The van der Waals surface area contributed by atoms with Gasteiger partial charge in [0.1, 0.15) is 11.8 Å². The highest BCUT2D eigenvalue weighted by molar-refractivity contribution is 5.70. The minimum atomic E-state index is -0.711. The number of rotatable bonds is 3. The second kappa shape index (κ2) is 5.65. The van der Waals surface area contributed by atoms with E-state index in [9.17, 15) is 4.79 Å². The monoisotopic (exact) mass is 260 g/mol. The van der Waals surface area contributed by atoms with Crippen molar-refractivity contribution in [2.75, 3.05) is 5.32 Å². The Balaban J connectivity index is 1.98. The van der Waals surface area contributed by atoms with Crippen LogP contribution in [-0.4, -0.2) is 27.1 Å². The fourth-order valence-corrected chi connectivity index (χ4v) is 2.36. The number of carbonyl (C=O) groups is 1. The van der Waals surface area contributed by atoms with Gasteiger partial charge in [-0.05, 0) is 38.7 Å². The van der Waals surface area contributed by atoms with Crippen LogP contribution >= 0.6 is 0 Å². The Hall–Kier alpha value is -2.16. The zero-order chi connectivity index (χ0) is 13.8. The van der Waals surface area contributed by atoms with E-state index in [1.165, 1.54) is 0 Å². The lowest BCUT2D eigenvalue weighted by molar-refractivity contribution is -0.142. The van der Waals surface area contributed by atoms with E-state index in [1.807, 2.05) is 13.0 Å². The highest BCUT2D eigenvalue weighted by atomic mass is 16.4. The quantitative estimate of drug-likeness (QED) is 0.858. The van der Waals surface area contributed by atoms with Crippen LogP contribution in [0, 0.1) is 24.2 Å². The molecule has 0 radical (unpaired) electrons. The summed E-state index contributed by atoms with van der Waals surface area (Å²) in [6.45, 7) is 1.81. The Bertz CT molecular complexity index is 516. The summed E-state index contributed by atoms with van der Waals surface area (Å²) in [4.78, 5) is 19.2. The highest BCUT2D eigenvalue weighted by Gasteiger charge is 2.26. The Kier molecular flexibility index (Phi) is 3.95. The molecule has 1 heterocycles. The zero-order valence-corrected chi connectivity index (χ0v) is 10.8. The lowest BCUT2D eigenvalue weighted by Gasteiger charge is -2.26. The number of nitrogens with zero attached hydrogens (tertiary/aromatic N) is 3. The summed E-state index contributed by atoms with van der Waals surface area (Å²) in [6, 6.07) is 3.81. The van der Waals surface area contributed by atoms with E-state index < -0.39 is 5.97 Å². The Morgan fingerprint density at radius 3 is 2.68 bits per heavy atom. The average molecular weight is 260 g/mol. The third-order valence-corrected chi connectivity index (χ3v) is 3.38. The molecule has 1 fully saturated rings. The van der Waals surface area contributed by atoms with Crippen molar-refractivity contribution in [2.45, 2.75) is 38.6 Å². The number of aliphatic carboxylic acids is 1. The SMILES string of the molecule is Cc1cc(C#N)nc(NC2CCC(C(=O)O)CC2)n1. The molecule has 0 amide bonds. The molecule has 1 aliphatic rings. The number of carboxylic acids is 1. The number of aromatic nitrogens is 2. The standard InChI is InChI=1S/C13H16N4O2/c1-8-6-11(7-14)17-13(15-8)16-10-4-2-9(3-5-10)12(18)19/h6,9-10H,2-5H2,1H3,(H,18,19)(H,15,16,17). The molecule has 1 saturated carbocycles. The topological polar surface area (TPSA) is 98.9 Å². The van der Waals surface area contributed by atoms with Crippen LogP contribution in [0.2, 0.25) is 0 Å². The first-order valence-electron chi connectivity index (χ1n) is 6.33. The van der Waals surface area contributed by atoms with E-state index in [0.717, 1.165) is 18.5 Å². The summed E-state index contributed by atoms with van der Waals surface area (Å²) in [6.07, 6.45) is 2.92. The molecule has 1 aliphatic carbocycles. The van der Waals surface area contributed by atoms with Gasteiger partial charge in [0.15, 0.2) is 0 Å². The molecule has 0 spiro atoms. The van der Waals surface area contributed by atoms with Crippen LogP contribution in [0.3, 0.4) is 0 Å². The summed E-state index contributed by atoms with van der Waals surface area (Å²) >= 11 is 0. The lowest BCUT2D eigenvalue weighted by atomic mass is 9.86. The maximum Gasteiger partial charge on any atom is 0.306 e. The molecule has 2 rings (SSSR count). The van der Waals surface area contributed by atoms with Gasteiger partial charge in [0.05, 0.1) is 5.92 Å². The molecular formula is C13H16N4O2. The molecule has 0 atom stereocenters. The van der Waals surface area contributed by atoms with Crippen molar-refractivity contribution < 1.29 is 9.90 Å². The van der Waals surface area contributed by atoms with Gasteiger partial charge in [-0.2, -0.15) is 5.26 Å². The molecule has 1 aromatic heterocycles. The third-order valence-electron chi connectivity index (χ3n) is 3.38. The molecule has 6 heteroatoms. The molecular weight excluding hydrogens is 244 g/mol. The van der Waals surface area contributed by atoms with Gasteiger partial charge in [0.2, 0.25) is 5.95 Å². The van der Waals surface area contributed by atoms with Crippen molar-refractivity contribution >= 4 is 11.9 Å². The number of hydrogen-bond donors (Lipinski definition) is 2. The fourth-order valence-electron chi connectivity index (χ4n) is 2.36. The van der Waals surface area contributed by atoms with Crippen LogP contribution in [0.25, 0.3) is 0 Å². The maximum atomic E-state index is 10.9. The summed E-state index contributed by atoms with van der Waals surface area (Å²) < 4.78 is 0. The van der Waals surface area contributed by atoms with Crippen molar-refractivity contribution in [1.82, 2.24) is 9.97 Å². The van der Waals surface area contributed by atoms with E-state index in [4.69, 9.17) is 10.4 Å². The summed E-state index contributed by atoms with van der Waals surface area (Å²) in [7, 11) is 0. The van der Waals surface area contributed by atoms with Crippen LogP contribution in [0.5, 0.6) is 0 Å². The number of anilines is 1. The molecule has 0 aromatic carbocycles. The molecule has 19 heavy (non-hydrogen) atoms. The van der Waals surface area contributed by atoms with Crippen LogP contribution in [0.15, 0.2) is 6.07 Å². The second-order valence-electron chi connectivity index (χ2n) is 4.86. The number of hydrogen-bond acceptors (Lipinski definition) is 5. The predicted octanol–water partition coefficient (Wildman–Crippen LogP) is 1.71. The van der Waals surface area contributed by atoms with Crippen LogP contribution in [0.1, 0.15) is 37.1 Å². The van der Waals surface area contributed by atoms with Crippen molar-refractivity contribution in [3.8, 4) is 6.07 Å². The van der Waals surface area contributed by atoms with Crippen molar-refractivity contribution in [3.63, 3.8) is 0 Å². The molecule has 0 bridgehead atoms. The first kappa shape index (κ1) is 13.3. The van der Waals surface area contributed by atoms with Crippen molar-refractivity contribution in [2.24, 2.45) is 5.92 Å². The van der Waals surface area contributed by atoms with Gasteiger partial charge >= 0.3 is 5.97 Å². The van der Waals surface area contributed by atoms with Crippen LogP contribution in [0.4, 0.5) is 5.95 Å². The normalized spacial score (nSPS) is 22.5. The molecule has 0 saturated heterocycles. The van der Waals surface area contributed by atoms with Gasteiger partial charge < -0.3 is 10.4 Å². The van der Waals surface area contributed by atoms with Crippen molar-refractivity contribution in [3.05, 3.63) is 17.5 Å². The van der Waals surface area contributed by atoms with Crippen LogP contribution < -0.4 is 5.32 Å². The van der Waals surface area contributed by atoms with Gasteiger partial charge in [0.25, 0.3) is 0 Å². The van der Waals surface area contributed by atoms with Crippen molar-refractivity contribution in [1.29, 1.82) is 5.26 Å². The Morgan fingerprint density at radius 2 is 2.11 bits per heavy atom. The van der Waals surface area contributed by atoms with Crippen LogP contribution in [-0.2, 0) is 4.79 Å². The smallest absolute Gasteiger partial charge is 0.306 e. The molecule has 1 aromatic rings. The summed E-state index contributed by atoms with van der Waals surface area (Å²) in [5.74, 6) is -0.488. The van der Waals surface area contributed by atoms with E-state index >= 15 is 0 Å².